The summed E-state index contributed by atoms with van der Waals surface area (Å²) in [6, 6.07) is 4.26. The number of carbonyl (C=O) groups excluding carboxylic acids is 1. The number of aliphatic carboxylic acids is 1. The lowest BCUT2D eigenvalue weighted by Crippen LogP contribution is -2.47. The first-order chi connectivity index (χ1) is 8.53. The fourth-order valence-corrected chi connectivity index (χ4v) is 1.99. The maximum Gasteiger partial charge on any atom is 0.311 e. The molecule has 96 valence electrons. The number of aromatic amines is 1. The van der Waals surface area contributed by atoms with E-state index < -0.39 is 17.3 Å². The van der Waals surface area contributed by atoms with Crippen molar-refractivity contribution in [3.63, 3.8) is 0 Å². The van der Waals surface area contributed by atoms with Gasteiger partial charge in [0.25, 0.3) is 5.91 Å². The lowest BCUT2D eigenvalue weighted by Gasteiger charge is -2.37. The minimum atomic E-state index is -0.879. The van der Waals surface area contributed by atoms with Gasteiger partial charge in [-0.1, -0.05) is 12.5 Å². The van der Waals surface area contributed by atoms with Crippen LogP contribution in [0, 0.1) is 5.41 Å². The molecule has 1 amide bonds. The Balaban J connectivity index is 2.00. The van der Waals surface area contributed by atoms with Gasteiger partial charge < -0.3 is 15.4 Å². The Kier molecular flexibility index (Phi) is 3.18. The molecule has 1 aromatic rings. The topological polar surface area (TPSA) is 99.3 Å². The molecule has 1 aliphatic rings. The van der Waals surface area contributed by atoms with Crippen LogP contribution in [0.4, 0.5) is 0 Å². The minimum absolute atomic E-state index is 0.0953. The van der Waals surface area contributed by atoms with Crippen LogP contribution >= 0.6 is 0 Å². The second-order valence-electron chi connectivity index (χ2n) is 4.55. The van der Waals surface area contributed by atoms with Gasteiger partial charge >= 0.3 is 5.97 Å². The number of nitrogens with one attached hydrogen (secondary N) is 2. The smallest absolute Gasteiger partial charge is 0.311 e. The summed E-state index contributed by atoms with van der Waals surface area (Å²) in [6.07, 6.45) is 2.02. The lowest BCUT2D eigenvalue weighted by atomic mass is 9.69. The van der Waals surface area contributed by atoms with Crippen molar-refractivity contribution in [1.29, 1.82) is 0 Å². The third-order valence-corrected chi connectivity index (χ3v) is 3.36. The molecule has 0 aromatic carbocycles. The van der Waals surface area contributed by atoms with Crippen LogP contribution in [0.1, 0.15) is 29.8 Å². The van der Waals surface area contributed by atoms with Gasteiger partial charge in [-0.3, -0.25) is 14.4 Å². The van der Waals surface area contributed by atoms with Gasteiger partial charge in [0.2, 0.25) is 5.56 Å². The van der Waals surface area contributed by atoms with Crippen LogP contribution in [0.3, 0.4) is 0 Å². The number of carboxylic acids is 1. The predicted molar refractivity (Wildman–Crippen MR) is 63.3 cm³/mol. The van der Waals surface area contributed by atoms with Gasteiger partial charge in [0, 0.05) is 12.6 Å². The molecule has 1 aliphatic carbocycles. The van der Waals surface area contributed by atoms with Crippen molar-refractivity contribution in [2.45, 2.75) is 19.3 Å². The van der Waals surface area contributed by atoms with Gasteiger partial charge in [0.05, 0.1) is 5.41 Å². The molecule has 0 radical (unpaired) electrons. The number of carboxylic acid groups (broad SMARTS) is 1. The molecule has 2 rings (SSSR count). The zero-order valence-electron chi connectivity index (χ0n) is 9.73. The molecule has 3 N–H and O–H groups in total. The van der Waals surface area contributed by atoms with Crippen molar-refractivity contribution in [1.82, 2.24) is 10.3 Å². The zero-order valence-corrected chi connectivity index (χ0v) is 9.73. The van der Waals surface area contributed by atoms with Gasteiger partial charge in [0.15, 0.2) is 0 Å². The average molecular weight is 250 g/mol. The lowest BCUT2D eigenvalue weighted by molar-refractivity contribution is -0.153. The van der Waals surface area contributed by atoms with E-state index >= 15 is 0 Å². The fourth-order valence-electron chi connectivity index (χ4n) is 1.99. The van der Waals surface area contributed by atoms with Crippen LogP contribution in [-0.4, -0.2) is 28.5 Å². The molecular formula is C12H14N2O4. The molecule has 0 saturated heterocycles. The molecule has 1 heterocycles. The van der Waals surface area contributed by atoms with E-state index in [1.165, 1.54) is 18.2 Å². The Morgan fingerprint density at radius 3 is 2.61 bits per heavy atom. The van der Waals surface area contributed by atoms with Gasteiger partial charge in [-0.25, -0.2) is 0 Å². The summed E-state index contributed by atoms with van der Waals surface area (Å²) in [5, 5.41) is 11.7. The van der Waals surface area contributed by atoms with Gasteiger partial charge in [0.1, 0.15) is 5.69 Å². The highest BCUT2D eigenvalue weighted by atomic mass is 16.4. The van der Waals surface area contributed by atoms with E-state index in [0.29, 0.717) is 12.8 Å². The highest BCUT2D eigenvalue weighted by molar-refractivity contribution is 5.92. The van der Waals surface area contributed by atoms with Crippen LogP contribution in [0.25, 0.3) is 0 Å². The van der Waals surface area contributed by atoms with Gasteiger partial charge in [-0.05, 0) is 18.9 Å². The van der Waals surface area contributed by atoms with Crippen molar-refractivity contribution in [2.24, 2.45) is 5.41 Å². The summed E-state index contributed by atoms with van der Waals surface area (Å²) in [4.78, 5) is 36.3. The number of amides is 1. The SMILES string of the molecule is O=C(NCC1(C(=O)O)CCC1)c1cccc(=O)[nH]1. The molecule has 1 aromatic heterocycles. The van der Waals surface area contributed by atoms with Crippen molar-refractivity contribution >= 4 is 11.9 Å². The van der Waals surface area contributed by atoms with Crippen molar-refractivity contribution in [3.8, 4) is 0 Å². The maximum absolute atomic E-state index is 11.7. The Bertz CT molecular complexity index is 531. The summed E-state index contributed by atoms with van der Waals surface area (Å²) in [6.45, 7) is 0.0953. The number of carbonyl (C=O) groups is 2. The molecule has 0 unspecified atom stereocenters. The third kappa shape index (κ3) is 2.27. The first-order valence-electron chi connectivity index (χ1n) is 5.74. The van der Waals surface area contributed by atoms with Gasteiger partial charge in [-0.15, -0.1) is 0 Å². The van der Waals surface area contributed by atoms with Crippen LogP contribution < -0.4 is 10.9 Å². The van der Waals surface area contributed by atoms with Crippen LogP contribution in [0.15, 0.2) is 23.0 Å². The molecule has 1 fully saturated rings. The van der Waals surface area contributed by atoms with E-state index in [1.54, 1.807) is 0 Å². The number of pyridine rings is 1. The van der Waals surface area contributed by atoms with E-state index in [0.717, 1.165) is 6.42 Å². The Hall–Kier alpha value is -2.11. The number of hydrogen-bond acceptors (Lipinski definition) is 3. The molecule has 0 bridgehead atoms. The van der Waals surface area contributed by atoms with Crippen LogP contribution in [0.2, 0.25) is 0 Å². The molecule has 0 aliphatic heterocycles. The molecular weight excluding hydrogens is 236 g/mol. The standard InChI is InChI=1S/C12H14N2O4/c15-9-4-1-3-8(14-9)10(16)13-7-12(11(17)18)5-2-6-12/h1,3-4H,2,5-7H2,(H,13,16)(H,14,15)(H,17,18). The Labute approximate surface area is 103 Å². The monoisotopic (exact) mass is 250 g/mol. The summed E-state index contributed by atoms with van der Waals surface area (Å²) in [5.74, 6) is -1.34. The fraction of sp³-hybridized carbons (Fsp3) is 0.417. The van der Waals surface area contributed by atoms with E-state index in [-0.39, 0.29) is 17.8 Å². The van der Waals surface area contributed by atoms with Crippen molar-refractivity contribution < 1.29 is 14.7 Å². The van der Waals surface area contributed by atoms with E-state index in [9.17, 15) is 14.4 Å². The Morgan fingerprint density at radius 1 is 1.39 bits per heavy atom. The molecule has 18 heavy (non-hydrogen) atoms. The van der Waals surface area contributed by atoms with Crippen molar-refractivity contribution in [2.75, 3.05) is 6.54 Å². The highest BCUT2D eigenvalue weighted by Crippen LogP contribution is 2.40. The minimum Gasteiger partial charge on any atom is -0.481 e. The molecule has 6 nitrogen and oxygen atoms in total. The highest BCUT2D eigenvalue weighted by Gasteiger charge is 2.44. The van der Waals surface area contributed by atoms with Crippen LogP contribution in [-0.2, 0) is 4.79 Å². The quantitative estimate of drug-likeness (QED) is 0.718. The normalized spacial score (nSPS) is 16.7. The number of aromatic nitrogens is 1. The molecule has 0 atom stereocenters. The second kappa shape index (κ2) is 4.64. The first-order valence-corrected chi connectivity index (χ1v) is 5.74. The molecule has 6 heteroatoms. The molecule has 1 saturated carbocycles. The van der Waals surface area contributed by atoms with Gasteiger partial charge in [-0.2, -0.15) is 0 Å². The van der Waals surface area contributed by atoms with E-state index in [2.05, 4.69) is 10.3 Å². The zero-order chi connectivity index (χ0) is 13.2. The summed E-state index contributed by atoms with van der Waals surface area (Å²) >= 11 is 0. The average Bonchev–Trinajstić information content (AvgIpc) is 2.26. The third-order valence-electron chi connectivity index (χ3n) is 3.36. The largest absolute Gasteiger partial charge is 0.481 e. The van der Waals surface area contributed by atoms with E-state index in [4.69, 9.17) is 5.11 Å². The summed E-state index contributed by atoms with van der Waals surface area (Å²) in [7, 11) is 0. The second-order valence-corrected chi connectivity index (χ2v) is 4.55. The number of rotatable bonds is 4. The number of hydrogen-bond donors (Lipinski definition) is 3. The molecule has 0 spiro atoms. The Morgan fingerprint density at radius 2 is 2.11 bits per heavy atom. The summed E-state index contributed by atoms with van der Waals surface area (Å²) in [5.41, 5.74) is -1.05. The predicted octanol–water partition coefficient (Wildman–Crippen LogP) is 0.360. The first kappa shape index (κ1) is 12.3. The van der Waals surface area contributed by atoms with E-state index in [1.807, 2.05) is 0 Å². The van der Waals surface area contributed by atoms with Crippen molar-refractivity contribution in [3.05, 3.63) is 34.2 Å². The summed E-state index contributed by atoms with van der Waals surface area (Å²) < 4.78 is 0. The number of H-pyrrole nitrogens is 1. The van der Waals surface area contributed by atoms with Crippen LogP contribution in [0.5, 0.6) is 0 Å². The maximum atomic E-state index is 11.7.